The molecule has 0 spiro atoms. The quantitative estimate of drug-likeness (QED) is 0.748. The van der Waals surface area contributed by atoms with Crippen LogP contribution in [0.15, 0.2) is 29.1 Å². The Balaban J connectivity index is 1.67. The Hall–Kier alpha value is -2.67. The molecule has 0 fully saturated rings. The maximum absolute atomic E-state index is 13.3. The first-order chi connectivity index (χ1) is 12.9. The van der Waals surface area contributed by atoms with E-state index in [9.17, 15) is 14.0 Å². The van der Waals surface area contributed by atoms with E-state index in [-0.39, 0.29) is 23.0 Å². The van der Waals surface area contributed by atoms with Gasteiger partial charge in [0.05, 0.1) is 10.5 Å². The second kappa shape index (κ2) is 6.81. The van der Waals surface area contributed by atoms with Gasteiger partial charge in [0, 0.05) is 24.3 Å². The first kappa shape index (κ1) is 17.7. The molecule has 3 aromatic rings. The first-order valence-corrected chi connectivity index (χ1v) is 9.16. The van der Waals surface area contributed by atoms with Gasteiger partial charge in [-0.25, -0.2) is 9.37 Å². The van der Waals surface area contributed by atoms with Crippen LogP contribution in [0, 0.1) is 12.7 Å². The van der Waals surface area contributed by atoms with Gasteiger partial charge in [0.25, 0.3) is 5.56 Å². The van der Waals surface area contributed by atoms with E-state index in [1.54, 1.807) is 9.13 Å². The third-order valence-electron chi connectivity index (χ3n) is 4.83. The molecule has 0 bridgehead atoms. The van der Waals surface area contributed by atoms with Gasteiger partial charge in [0.15, 0.2) is 0 Å². The smallest absolute Gasteiger partial charge is 0.278 e. The Morgan fingerprint density at radius 2 is 2.15 bits per heavy atom. The zero-order valence-electron chi connectivity index (χ0n) is 14.8. The third kappa shape index (κ3) is 3.23. The van der Waals surface area contributed by atoms with E-state index in [1.165, 1.54) is 18.2 Å². The molecule has 1 amide bonds. The van der Waals surface area contributed by atoms with Crippen molar-refractivity contribution in [3.8, 4) is 0 Å². The van der Waals surface area contributed by atoms with E-state index in [0.29, 0.717) is 23.3 Å². The molecule has 0 radical (unpaired) electrons. The maximum Gasteiger partial charge on any atom is 0.278 e. The fraction of sp³-hybridized carbons (Fsp3) is 0.316. The van der Waals surface area contributed by atoms with E-state index in [0.717, 1.165) is 30.8 Å². The SMILES string of the molecule is Cc1cc2nc3n(c(=O)c2n1CC(=O)Nc1ccc(F)c(Cl)c1)CCCC3. The lowest BCUT2D eigenvalue weighted by Gasteiger charge is -2.17. The largest absolute Gasteiger partial charge is 0.330 e. The summed E-state index contributed by atoms with van der Waals surface area (Å²) in [6.07, 6.45) is 2.77. The molecule has 8 heteroatoms. The molecule has 1 aliphatic rings. The number of carbonyl (C=O) groups is 1. The highest BCUT2D eigenvalue weighted by molar-refractivity contribution is 6.31. The van der Waals surface area contributed by atoms with Crippen molar-refractivity contribution in [3.63, 3.8) is 0 Å². The van der Waals surface area contributed by atoms with Crippen molar-refractivity contribution < 1.29 is 9.18 Å². The summed E-state index contributed by atoms with van der Waals surface area (Å²) in [7, 11) is 0. The van der Waals surface area contributed by atoms with Gasteiger partial charge in [0.1, 0.15) is 23.7 Å². The van der Waals surface area contributed by atoms with Crippen molar-refractivity contribution in [1.29, 1.82) is 0 Å². The van der Waals surface area contributed by atoms with Gasteiger partial charge in [-0.3, -0.25) is 14.2 Å². The van der Waals surface area contributed by atoms with Crippen LogP contribution in [-0.2, 0) is 24.3 Å². The summed E-state index contributed by atoms with van der Waals surface area (Å²) in [5.74, 6) is -0.0764. The number of rotatable bonds is 3. The van der Waals surface area contributed by atoms with Gasteiger partial charge in [-0.15, -0.1) is 0 Å². The zero-order valence-corrected chi connectivity index (χ0v) is 15.5. The summed E-state index contributed by atoms with van der Waals surface area (Å²) in [5.41, 5.74) is 2.12. The molecule has 0 saturated carbocycles. The summed E-state index contributed by atoms with van der Waals surface area (Å²) >= 11 is 5.75. The lowest BCUT2D eigenvalue weighted by molar-refractivity contribution is -0.116. The third-order valence-corrected chi connectivity index (χ3v) is 5.12. The minimum Gasteiger partial charge on any atom is -0.330 e. The van der Waals surface area contributed by atoms with E-state index >= 15 is 0 Å². The minimum absolute atomic E-state index is 0.0411. The van der Waals surface area contributed by atoms with E-state index in [2.05, 4.69) is 10.3 Å². The monoisotopic (exact) mass is 388 g/mol. The van der Waals surface area contributed by atoms with E-state index in [4.69, 9.17) is 11.6 Å². The number of hydrogen-bond acceptors (Lipinski definition) is 3. The molecule has 4 rings (SSSR count). The highest BCUT2D eigenvalue weighted by Gasteiger charge is 2.20. The second-order valence-electron chi connectivity index (χ2n) is 6.72. The van der Waals surface area contributed by atoms with Crippen LogP contribution in [0.5, 0.6) is 0 Å². The molecule has 1 aromatic carbocycles. The molecule has 140 valence electrons. The fourth-order valence-electron chi connectivity index (χ4n) is 3.51. The molecule has 3 heterocycles. The Labute approximate surface area is 159 Å². The molecule has 1 aliphatic heterocycles. The summed E-state index contributed by atoms with van der Waals surface area (Å²) in [6, 6.07) is 5.81. The predicted molar refractivity (Wildman–Crippen MR) is 102 cm³/mol. The average Bonchev–Trinajstić information content (AvgIpc) is 2.94. The molecule has 6 nitrogen and oxygen atoms in total. The number of nitrogens with zero attached hydrogens (tertiary/aromatic N) is 3. The zero-order chi connectivity index (χ0) is 19.1. The number of nitrogens with one attached hydrogen (secondary N) is 1. The Bertz CT molecular complexity index is 1120. The maximum atomic E-state index is 13.3. The van der Waals surface area contributed by atoms with Gasteiger partial charge in [-0.05, 0) is 44.0 Å². The number of halogens is 2. The molecule has 0 atom stereocenters. The lowest BCUT2D eigenvalue weighted by atomic mass is 10.1. The number of aryl methyl sites for hydroxylation is 2. The van der Waals surface area contributed by atoms with Crippen LogP contribution in [0.4, 0.5) is 10.1 Å². The number of anilines is 1. The van der Waals surface area contributed by atoms with Gasteiger partial charge >= 0.3 is 0 Å². The van der Waals surface area contributed by atoms with Crippen molar-refractivity contribution in [2.75, 3.05) is 5.32 Å². The summed E-state index contributed by atoms with van der Waals surface area (Å²) in [5, 5.41) is 2.62. The van der Waals surface area contributed by atoms with Gasteiger partial charge in [0.2, 0.25) is 5.91 Å². The Morgan fingerprint density at radius 3 is 2.93 bits per heavy atom. The highest BCUT2D eigenvalue weighted by atomic mass is 35.5. The Morgan fingerprint density at radius 1 is 1.33 bits per heavy atom. The normalized spacial score (nSPS) is 13.6. The summed E-state index contributed by atoms with van der Waals surface area (Å²) in [4.78, 5) is 30.0. The highest BCUT2D eigenvalue weighted by Crippen LogP contribution is 2.21. The van der Waals surface area contributed by atoms with Crippen LogP contribution in [0.1, 0.15) is 24.4 Å². The van der Waals surface area contributed by atoms with Crippen molar-refractivity contribution in [2.45, 2.75) is 39.3 Å². The second-order valence-corrected chi connectivity index (χ2v) is 7.13. The molecular weight excluding hydrogens is 371 g/mol. The molecule has 0 saturated heterocycles. The minimum atomic E-state index is -0.550. The molecule has 1 N–H and O–H groups in total. The van der Waals surface area contributed by atoms with Crippen LogP contribution in [0.25, 0.3) is 11.0 Å². The van der Waals surface area contributed by atoms with Crippen molar-refractivity contribution >= 4 is 34.2 Å². The number of aromatic nitrogens is 3. The summed E-state index contributed by atoms with van der Waals surface area (Å²) < 4.78 is 16.6. The Kier molecular flexibility index (Phi) is 4.47. The predicted octanol–water partition coefficient (Wildman–Crippen LogP) is 3.27. The average molecular weight is 389 g/mol. The topological polar surface area (TPSA) is 68.9 Å². The lowest BCUT2D eigenvalue weighted by Crippen LogP contribution is -2.30. The number of fused-ring (bicyclic) bond motifs is 2. The van der Waals surface area contributed by atoms with Crippen LogP contribution in [-0.4, -0.2) is 20.0 Å². The number of hydrogen-bond donors (Lipinski definition) is 1. The van der Waals surface area contributed by atoms with Crippen molar-refractivity contribution in [3.05, 3.63) is 57.0 Å². The molecular formula is C19H18ClFN4O2. The van der Waals surface area contributed by atoms with E-state index in [1.807, 2.05) is 13.0 Å². The van der Waals surface area contributed by atoms with Gasteiger partial charge in [-0.1, -0.05) is 11.6 Å². The molecule has 0 aliphatic carbocycles. The standard InChI is InChI=1S/C19H18ClFN4O2/c1-11-8-15-18(19(27)24-7-3-2-4-16(24)23-15)25(11)10-17(26)22-12-5-6-14(21)13(20)9-12/h5-6,8-9H,2-4,7,10H2,1H3,(H,22,26). The van der Waals surface area contributed by atoms with Crippen LogP contribution < -0.4 is 10.9 Å². The number of amides is 1. The van der Waals surface area contributed by atoms with Gasteiger partial charge < -0.3 is 9.88 Å². The van der Waals surface area contributed by atoms with Gasteiger partial charge in [-0.2, -0.15) is 0 Å². The number of benzene rings is 1. The van der Waals surface area contributed by atoms with E-state index < -0.39 is 5.82 Å². The molecule has 27 heavy (non-hydrogen) atoms. The van der Waals surface area contributed by atoms with Crippen molar-refractivity contribution in [1.82, 2.24) is 14.1 Å². The van der Waals surface area contributed by atoms with Crippen LogP contribution in [0.3, 0.4) is 0 Å². The van der Waals surface area contributed by atoms with Crippen LogP contribution >= 0.6 is 11.6 Å². The fourth-order valence-corrected chi connectivity index (χ4v) is 3.69. The van der Waals surface area contributed by atoms with Crippen LogP contribution in [0.2, 0.25) is 5.02 Å². The molecule has 0 unspecified atom stereocenters. The summed E-state index contributed by atoms with van der Waals surface area (Å²) in [6.45, 7) is 2.45. The van der Waals surface area contributed by atoms with Crippen molar-refractivity contribution in [2.24, 2.45) is 0 Å². The first-order valence-electron chi connectivity index (χ1n) is 8.78. The molecule has 2 aromatic heterocycles. The number of carbonyl (C=O) groups excluding carboxylic acids is 1.